The summed E-state index contributed by atoms with van der Waals surface area (Å²) in [6.45, 7) is 0. The molecule has 0 spiro atoms. The minimum Gasteiger partial charge on any atom is -0.481 e. The van der Waals surface area contributed by atoms with Crippen molar-refractivity contribution in [2.45, 2.75) is 50.6 Å². The first-order valence-corrected chi connectivity index (χ1v) is 12.0. The maximum atomic E-state index is 13.2. The predicted octanol–water partition coefficient (Wildman–Crippen LogP) is 5.31. The molecule has 1 heterocycles. The standard InChI is InChI=1S/C26H25F6N3O4/c27-25(28,29)13-6-10-16(17(24(38)39)12-14-26(30,31)32)22(36)35-21-23(37)33-19-11-5-4-9-18(19)20(34-21)15-7-2-1-3-8-15/h1-5,7-9,11,16-17,21H,6,10,12-14H2,(H,33,37)(H,35,36)(H,38,39). The number of hydrogen-bond donors (Lipinski definition) is 3. The van der Waals surface area contributed by atoms with Crippen molar-refractivity contribution in [2.24, 2.45) is 16.8 Å². The van der Waals surface area contributed by atoms with Crippen LogP contribution in [0.2, 0.25) is 0 Å². The number of para-hydroxylation sites is 1. The molecule has 2 aromatic carbocycles. The van der Waals surface area contributed by atoms with E-state index in [1.807, 2.05) is 0 Å². The van der Waals surface area contributed by atoms with Gasteiger partial charge < -0.3 is 15.7 Å². The summed E-state index contributed by atoms with van der Waals surface area (Å²) >= 11 is 0. The Morgan fingerprint density at radius 1 is 0.897 bits per heavy atom. The van der Waals surface area contributed by atoms with E-state index >= 15 is 0 Å². The minimum atomic E-state index is -4.75. The van der Waals surface area contributed by atoms with Gasteiger partial charge in [0.1, 0.15) is 0 Å². The summed E-state index contributed by atoms with van der Waals surface area (Å²) in [6.07, 6.45) is -16.3. The number of aliphatic carboxylic acids is 1. The molecule has 13 heteroatoms. The molecular formula is C26H25F6N3O4. The molecule has 0 saturated heterocycles. The molecule has 3 N–H and O–H groups in total. The fourth-order valence-corrected chi connectivity index (χ4v) is 4.28. The highest BCUT2D eigenvalue weighted by Crippen LogP contribution is 2.32. The second-order valence-corrected chi connectivity index (χ2v) is 9.00. The Kier molecular flexibility index (Phi) is 9.36. The smallest absolute Gasteiger partial charge is 0.389 e. The SMILES string of the molecule is O=C1Nc2ccccc2C(c2ccccc2)=NC1NC(=O)C(CCCC(F)(F)F)C(CCC(F)(F)F)C(=O)O. The number of aliphatic imine (C=N–C) groups is 1. The lowest BCUT2D eigenvalue weighted by Crippen LogP contribution is -2.47. The molecule has 0 radical (unpaired) electrons. The van der Waals surface area contributed by atoms with Crippen LogP contribution < -0.4 is 10.6 Å². The van der Waals surface area contributed by atoms with Gasteiger partial charge in [0, 0.05) is 24.0 Å². The fraction of sp³-hybridized carbons (Fsp3) is 0.385. The van der Waals surface area contributed by atoms with Gasteiger partial charge in [-0.05, 0) is 25.3 Å². The third-order valence-corrected chi connectivity index (χ3v) is 6.13. The number of carboxylic acids is 1. The summed E-state index contributed by atoms with van der Waals surface area (Å²) in [5.41, 5.74) is 1.72. The summed E-state index contributed by atoms with van der Waals surface area (Å²) in [7, 11) is 0. The number of carboxylic acid groups (broad SMARTS) is 1. The van der Waals surface area contributed by atoms with Gasteiger partial charge in [-0.1, -0.05) is 48.5 Å². The Bertz CT molecular complexity index is 1210. The summed E-state index contributed by atoms with van der Waals surface area (Å²) in [5.74, 6) is -7.49. The second kappa shape index (κ2) is 12.3. The van der Waals surface area contributed by atoms with Gasteiger partial charge in [0.2, 0.25) is 12.1 Å². The van der Waals surface area contributed by atoms with E-state index in [-0.39, 0.29) is 5.71 Å². The maximum absolute atomic E-state index is 13.2. The van der Waals surface area contributed by atoms with Gasteiger partial charge in [0.05, 0.1) is 23.2 Å². The highest BCUT2D eigenvalue weighted by molar-refractivity contribution is 6.19. The van der Waals surface area contributed by atoms with Gasteiger partial charge in [-0.3, -0.25) is 14.4 Å². The third-order valence-electron chi connectivity index (χ3n) is 6.13. The lowest BCUT2D eigenvalue weighted by Gasteiger charge is -2.25. The molecule has 1 aliphatic rings. The first kappa shape index (κ1) is 29.7. The van der Waals surface area contributed by atoms with Crippen molar-refractivity contribution >= 4 is 29.2 Å². The molecule has 210 valence electrons. The first-order valence-electron chi connectivity index (χ1n) is 12.0. The molecule has 0 aromatic heterocycles. The van der Waals surface area contributed by atoms with Gasteiger partial charge in [-0.15, -0.1) is 0 Å². The van der Waals surface area contributed by atoms with E-state index < -0.39 is 80.2 Å². The number of alkyl halides is 6. The topological polar surface area (TPSA) is 108 Å². The number of nitrogens with zero attached hydrogens (tertiary/aromatic N) is 1. The molecule has 0 bridgehead atoms. The molecule has 0 fully saturated rings. The average Bonchev–Trinajstić information content (AvgIpc) is 2.98. The van der Waals surface area contributed by atoms with Crippen molar-refractivity contribution in [1.82, 2.24) is 5.32 Å². The summed E-state index contributed by atoms with van der Waals surface area (Å²) < 4.78 is 76.7. The number of anilines is 1. The van der Waals surface area contributed by atoms with Gasteiger partial charge >= 0.3 is 18.3 Å². The monoisotopic (exact) mass is 557 g/mol. The van der Waals surface area contributed by atoms with E-state index in [0.29, 0.717) is 16.8 Å². The normalized spacial score (nSPS) is 17.2. The van der Waals surface area contributed by atoms with Crippen LogP contribution in [0, 0.1) is 11.8 Å². The van der Waals surface area contributed by atoms with Crippen LogP contribution in [0.1, 0.15) is 43.2 Å². The van der Waals surface area contributed by atoms with Crippen LogP contribution in [0.15, 0.2) is 59.6 Å². The van der Waals surface area contributed by atoms with Gasteiger partial charge in [0.25, 0.3) is 5.91 Å². The van der Waals surface area contributed by atoms with Crippen LogP contribution in [-0.2, 0) is 14.4 Å². The molecule has 0 aliphatic carbocycles. The van der Waals surface area contributed by atoms with E-state index in [2.05, 4.69) is 15.6 Å². The fourth-order valence-electron chi connectivity index (χ4n) is 4.28. The highest BCUT2D eigenvalue weighted by Gasteiger charge is 2.39. The number of halogens is 6. The number of fused-ring (bicyclic) bond motifs is 1. The zero-order chi connectivity index (χ0) is 28.8. The molecule has 7 nitrogen and oxygen atoms in total. The van der Waals surface area contributed by atoms with E-state index in [0.717, 1.165) is 0 Å². The number of rotatable bonds is 10. The van der Waals surface area contributed by atoms with Crippen molar-refractivity contribution in [3.05, 3.63) is 65.7 Å². The molecule has 3 atom stereocenters. The minimum absolute atomic E-state index is 0.287. The Balaban J connectivity index is 1.94. The number of carbonyl (C=O) groups excluding carboxylic acids is 2. The number of hydrogen-bond acceptors (Lipinski definition) is 4. The largest absolute Gasteiger partial charge is 0.481 e. The number of nitrogens with one attached hydrogen (secondary N) is 2. The van der Waals surface area contributed by atoms with Crippen molar-refractivity contribution in [3.8, 4) is 0 Å². The van der Waals surface area contributed by atoms with Crippen molar-refractivity contribution < 1.29 is 45.8 Å². The quantitative estimate of drug-likeness (QED) is 0.344. The third kappa shape index (κ3) is 8.55. The summed E-state index contributed by atoms with van der Waals surface area (Å²) in [6, 6.07) is 15.2. The number of amides is 2. The number of carbonyl (C=O) groups is 3. The predicted molar refractivity (Wildman–Crippen MR) is 129 cm³/mol. The maximum Gasteiger partial charge on any atom is 0.389 e. The van der Waals surface area contributed by atoms with E-state index in [1.54, 1.807) is 54.6 Å². The van der Waals surface area contributed by atoms with E-state index in [4.69, 9.17) is 0 Å². The van der Waals surface area contributed by atoms with Crippen molar-refractivity contribution in [1.29, 1.82) is 0 Å². The molecule has 2 aromatic rings. The number of benzene rings is 2. The number of benzodiazepines with no additional fused rings is 1. The lowest BCUT2D eigenvalue weighted by molar-refractivity contribution is -0.155. The zero-order valence-electron chi connectivity index (χ0n) is 20.4. The molecule has 3 rings (SSSR count). The Hall–Kier alpha value is -3.90. The molecule has 2 amide bonds. The van der Waals surface area contributed by atoms with Crippen molar-refractivity contribution in [3.63, 3.8) is 0 Å². The summed E-state index contributed by atoms with van der Waals surface area (Å²) in [4.78, 5) is 42.4. The van der Waals surface area contributed by atoms with Crippen LogP contribution in [-0.4, -0.2) is 47.1 Å². The van der Waals surface area contributed by atoms with Crippen LogP contribution >= 0.6 is 0 Å². The van der Waals surface area contributed by atoms with Crippen LogP contribution in [0.4, 0.5) is 32.0 Å². The average molecular weight is 557 g/mol. The molecule has 3 unspecified atom stereocenters. The molecule has 39 heavy (non-hydrogen) atoms. The summed E-state index contributed by atoms with van der Waals surface area (Å²) in [5, 5.41) is 14.4. The lowest BCUT2D eigenvalue weighted by atomic mass is 9.83. The van der Waals surface area contributed by atoms with Crippen LogP contribution in [0.5, 0.6) is 0 Å². The van der Waals surface area contributed by atoms with Crippen LogP contribution in [0.3, 0.4) is 0 Å². The van der Waals surface area contributed by atoms with Gasteiger partial charge in [0.15, 0.2) is 0 Å². The first-order chi connectivity index (χ1) is 18.2. The zero-order valence-corrected chi connectivity index (χ0v) is 20.4. The molecule has 0 saturated carbocycles. The second-order valence-electron chi connectivity index (χ2n) is 9.00. The van der Waals surface area contributed by atoms with Gasteiger partial charge in [-0.2, -0.15) is 26.3 Å². The molecule has 1 aliphatic heterocycles. The van der Waals surface area contributed by atoms with Crippen molar-refractivity contribution in [2.75, 3.05) is 5.32 Å². The molecular weight excluding hydrogens is 532 g/mol. The van der Waals surface area contributed by atoms with Gasteiger partial charge in [-0.25, -0.2) is 4.99 Å². The van der Waals surface area contributed by atoms with Crippen LogP contribution in [0.25, 0.3) is 0 Å². The Labute approximate surface area is 219 Å². The Morgan fingerprint density at radius 3 is 2.13 bits per heavy atom. The Morgan fingerprint density at radius 2 is 1.51 bits per heavy atom. The highest BCUT2D eigenvalue weighted by atomic mass is 19.4. The van der Waals surface area contributed by atoms with E-state index in [1.165, 1.54) is 0 Å². The van der Waals surface area contributed by atoms with E-state index in [9.17, 15) is 45.8 Å².